The van der Waals surface area contributed by atoms with Crippen LogP contribution in [0, 0.1) is 11.8 Å². The Hall–Kier alpha value is -2.02. The molecule has 0 unspecified atom stereocenters. The minimum Gasteiger partial charge on any atom is -0.497 e. The second-order valence-electron chi connectivity index (χ2n) is 6.48. The van der Waals surface area contributed by atoms with Gasteiger partial charge in [-0.3, -0.25) is 15.6 Å². The van der Waals surface area contributed by atoms with E-state index in [0.29, 0.717) is 28.7 Å². The van der Waals surface area contributed by atoms with Gasteiger partial charge in [-0.25, -0.2) is 0 Å². The molecule has 1 saturated carbocycles. The first kappa shape index (κ1) is 19.3. The number of rotatable bonds is 5. The highest BCUT2D eigenvalue weighted by molar-refractivity contribution is 7.80. The van der Waals surface area contributed by atoms with Crippen molar-refractivity contribution in [1.29, 1.82) is 0 Å². The Balaban J connectivity index is 1.67. The standard InChI is InChI=1S/C18H27N3O3S/c1-12-5-4-6-16(13(12)2)19-18(25)21-20-17(22)11-24-15-9-7-14(23-3)8-10-15/h7-10,12-13,16H,4-6,11H2,1-3H3,(H,20,22)(H2,19,21,25)/t12-,13+,16+/m0/s1. The molecule has 2 rings (SSSR count). The van der Waals surface area contributed by atoms with Crippen LogP contribution in [0.4, 0.5) is 0 Å². The van der Waals surface area contributed by atoms with Gasteiger partial charge in [0.25, 0.3) is 5.91 Å². The molecule has 3 N–H and O–H groups in total. The highest BCUT2D eigenvalue weighted by Crippen LogP contribution is 2.29. The lowest BCUT2D eigenvalue weighted by atomic mass is 9.78. The molecule has 1 aromatic rings. The fourth-order valence-electron chi connectivity index (χ4n) is 2.97. The number of carbonyl (C=O) groups excluding carboxylic acids is 1. The van der Waals surface area contributed by atoms with Gasteiger partial charge in [-0.15, -0.1) is 0 Å². The predicted molar refractivity (Wildman–Crippen MR) is 101 cm³/mol. The molecule has 6 nitrogen and oxygen atoms in total. The number of carbonyl (C=O) groups is 1. The second kappa shape index (κ2) is 9.46. The van der Waals surface area contributed by atoms with E-state index in [1.165, 1.54) is 12.8 Å². The first-order chi connectivity index (χ1) is 12.0. The molecule has 1 aliphatic rings. The van der Waals surface area contributed by atoms with Gasteiger partial charge in [0.15, 0.2) is 11.7 Å². The van der Waals surface area contributed by atoms with E-state index in [-0.39, 0.29) is 12.5 Å². The maximum absolute atomic E-state index is 11.8. The van der Waals surface area contributed by atoms with E-state index in [1.54, 1.807) is 31.4 Å². The maximum atomic E-state index is 11.8. The molecule has 1 aromatic carbocycles. The number of nitrogens with one attached hydrogen (secondary N) is 3. The number of methoxy groups -OCH3 is 1. The number of benzene rings is 1. The van der Waals surface area contributed by atoms with Crippen molar-refractivity contribution in [3.05, 3.63) is 24.3 Å². The van der Waals surface area contributed by atoms with Gasteiger partial charge < -0.3 is 14.8 Å². The molecule has 0 spiro atoms. The van der Waals surface area contributed by atoms with Crippen molar-refractivity contribution < 1.29 is 14.3 Å². The van der Waals surface area contributed by atoms with Crippen molar-refractivity contribution in [1.82, 2.24) is 16.2 Å². The highest BCUT2D eigenvalue weighted by Gasteiger charge is 2.27. The molecule has 3 atom stereocenters. The van der Waals surface area contributed by atoms with Crippen LogP contribution < -0.4 is 25.6 Å². The van der Waals surface area contributed by atoms with Gasteiger partial charge in [-0.1, -0.05) is 26.7 Å². The van der Waals surface area contributed by atoms with Crippen LogP contribution in [0.2, 0.25) is 0 Å². The molecule has 7 heteroatoms. The molecule has 1 amide bonds. The summed E-state index contributed by atoms with van der Waals surface area (Å²) < 4.78 is 10.5. The van der Waals surface area contributed by atoms with Gasteiger partial charge in [-0.2, -0.15) is 0 Å². The maximum Gasteiger partial charge on any atom is 0.276 e. The van der Waals surface area contributed by atoms with Gasteiger partial charge in [0.1, 0.15) is 11.5 Å². The lowest BCUT2D eigenvalue weighted by Gasteiger charge is -2.35. The molecule has 0 bridgehead atoms. The second-order valence-corrected chi connectivity index (χ2v) is 6.89. The van der Waals surface area contributed by atoms with E-state index >= 15 is 0 Å². The number of hydrogen-bond acceptors (Lipinski definition) is 4. The summed E-state index contributed by atoms with van der Waals surface area (Å²) in [4.78, 5) is 11.8. The minimum absolute atomic E-state index is 0.0984. The molecule has 1 aliphatic carbocycles. The zero-order valence-corrected chi connectivity index (χ0v) is 15.8. The molecule has 0 heterocycles. The van der Waals surface area contributed by atoms with Gasteiger partial charge >= 0.3 is 0 Å². The summed E-state index contributed by atoms with van der Waals surface area (Å²) >= 11 is 5.26. The number of amides is 1. The van der Waals surface area contributed by atoms with E-state index in [4.69, 9.17) is 21.7 Å². The van der Waals surface area contributed by atoms with Crippen molar-refractivity contribution >= 4 is 23.2 Å². The average molecular weight is 365 g/mol. The Morgan fingerprint density at radius 1 is 1.16 bits per heavy atom. The molecule has 0 aliphatic heterocycles. The topological polar surface area (TPSA) is 71.6 Å². The van der Waals surface area contributed by atoms with Crippen LogP contribution >= 0.6 is 12.2 Å². The van der Waals surface area contributed by atoms with Crippen molar-refractivity contribution in [3.8, 4) is 11.5 Å². The minimum atomic E-state index is -0.301. The molecular formula is C18H27N3O3S. The fraction of sp³-hybridized carbons (Fsp3) is 0.556. The van der Waals surface area contributed by atoms with Crippen LogP contribution in [-0.2, 0) is 4.79 Å². The van der Waals surface area contributed by atoms with E-state index in [2.05, 4.69) is 30.0 Å². The van der Waals surface area contributed by atoms with Crippen LogP contribution in [0.3, 0.4) is 0 Å². The van der Waals surface area contributed by atoms with Crippen LogP contribution in [0.5, 0.6) is 11.5 Å². The first-order valence-corrected chi connectivity index (χ1v) is 9.02. The normalized spacial score (nSPS) is 22.6. The number of hydrazine groups is 1. The lowest BCUT2D eigenvalue weighted by Crippen LogP contribution is -2.53. The molecule has 0 saturated heterocycles. The molecule has 0 aromatic heterocycles. The van der Waals surface area contributed by atoms with Crippen molar-refractivity contribution in [2.75, 3.05) is 13.7 Å². The van der Waals surface area contributed by atoms with Gasteiger partial charge in [0.05, 0.1) is 7.11 Å². The summed E-state index contributed by atoms with van der Waals surface area (Å²) in [5.41, 5.74) is 5.29. The summed E-state index contributed by atoms with van der Waals surface area (Å²) in [7, 11) is 1.60. The number of thiocarbonyl (C=S) groups is 1. The van der Waals surface area contributed by atoms with Crippen molar-refractivity contribution in [2.45, 2.75) is 39.2 Å². The summed E-state index contributed by atoms with van der Waals surface area (Å²) in [5.74, 6) is 2.27. The Bertz CT molecular complexity index is 579. The SMILES string of the molecule is COc1ccc(OCC(=O)NNC(=S)N[C@@H]2CCC[C@H](C)[C@H]2C)cc1. The Morgan fingerprint density at radius 2 is 1.84 bits per heavy atom. The number of hydrogen-bond donors (Lipinski definition) is 3. The summed E-state index contributed by atoms with van der Waals surface area (Å²) in [5, 5.41) is 3.73. The zero-order valence-electron chi connectivity index (χ0n) is 15.0. The quantitative estimate of drug-likeness (QED) is 0.550. The fourth-order valence-corrected chi connectivity index (χ4v) is 3.18. The van der Waals surface area contributed by atoms with Gasteiger partial charge in [0, 0.05) is 6.04 Å². The molecule has 25 heavy (non-hydrogen) atoms. The third-order valence-corrected chi connectivity index (χ3v) is 4.99. The zero-order chi connectivity index (χ0) is 18.2. The predicted octanol–water partition coefficient (Wildman–Crippen LogP) is 2.39. The third kappa shape index (κ3) is 6.08. The van der Waals surface area contributed by atoms with E-state index in [0.717, 1.165) is 12.2 Å². The van der Waals surface area contributed by atoms with Crippen LogP contribution in [0.25, 0.3) is 0 Å². The summed E-state index contributed by atoms with van der Waals surface area (Å²) in [6.07, 6.45) is 3.56. The van der Waals surface area contributed by atoms with Crippen LogP contribution in [-0.4, -0.2) is 30.8 Å². The average Bonchev–Trinajstić information content (AvgIpc) is 2.62. The van der Waals surface area contributed by atoms with Crippen molar-refractivity contribution in [2.24, 2.45) is 11.8 Å². The Morgan fingerprint density at radius 3 is 2.52 bits per heavy atom. The smallest absolute Gasteiger partial charge is 0.276 e. The molecular weight excluding hydrogens is 338 g/mol. The van der Waals surface area contributed by atoms with E-state index < -0.39 is 0 Å². The van der Waals surface area contributed by atoms with Gasteiger partial charge in [0.2, 0.25) is 0 Å². The van der Waals surface area contributed by atoms with Crippen molar-refractivity contribution in [3.63, 3.8) is 0 Å². The largest absolute Gasteiger partial charge is 0.497 e. The Kier molecular flexibility index (Phi) is 7.31. The van der Waals surface area contributed by atoms with E-state index in [1.807, 2.05) is 0 Å². The van der Waals surface area contributed by atoms with E-state index in [9.17, 15) is 4.79 Å². The lowest BCUT2D eigenvalue weighted by molar-refractivity contribution is -0.123. The molecule has 1 fully saturated rings. The number of ether oxygens (including phenoxy) is 2. The summed E-state index contributed by atoms with van der Waals surface area (Å²) in [6.45, 7) is 4.41. The Labute approximate surface area is 154 Å². The molecule has 0 radical (unpaired) electrons. The van der Waals surface area contributed by atoms with Crippen LogP contribution in [0.1, 0.15) is 33.1 Å². The monoisotopic (exact) mass is 365 g/mol. The van der Waals surface area contributed by atoms with Crippen LogP contribution in [0.15, 0.2) is 24.3 Å². The first-order valence-electron chi connectivity index (χ1n) is 8.61. The summed E-state index contributed by atoms with van der Waals surface area (Å²) in [6, 6.07) is 7.39. The highest BCUT2D eigenvalue weighted by atomic mass is 32.1. The van der Waals surface area contributed by atoms with Gasteiger partial charge in [-0.05, 0) is 54.7 Å². The third-order valence-electron chi connectivity index (χ3n) is 4.77. The molecule has 138 valence electrons.